The number of aliphatic hydroxyl groups is 1. The molecule has 2 aliphatic heterocycles. The van der Waals surface area contributed by atoms with Gasteiger partial charge in [0.25, 0.3) is 5.91 Å². The number of aromatic amines is 1. The Balaban J connectivity index is 1.01. The molecule has 0 atom stereocenters. The molecule has 4 heterocycles. The van der Waals surface area contributed by atoms with Crippen LogP contribution in [0, 0.1) is 18.6 Å². The second kappa shape index (κ2) is 15.2. The zero-order valence-electron chi connectivity index (χ0n) is 30.5. The van der Waals surface area contributed by atoms with Gasteiger partial charge >= 0.3 is 6.09 Å². The number of fused-ring (bicyclic) bond motifs is 1. The molecule has 13 heteroatoms. The fourth-order valence-corrected chi connectivity index (χ4v) is 7.34. The molecule has 0 saturated carbocycles. The maximum absolute atomic E-state index is 15.1. The summed E-state index contributed by atoms with van der Waals surface area (Å²) in [4.78, 5) is 40.5. The molecule has 2 aliphatic rings. The number of carboxylic acid groups (broad SMARTS) is 1. The first-order chi connectivity index (χ1) is 25.8. The molecule has 54 heavy (non-hydrogen) atoms. The molecule has 2 aromatic heterocycles. The van der Waals surface area contributed by atoms with E-state index in [1.54, 1.807) is 6.92 Å². The zero-order valence-corrected chi connectivity index (χ0v) is 30.5. The van der Waals surface area contributed by atoms with E-state index in [1.165, 1.54) is 54.9 Å². The van der Waals surface area contributed by atoms with Gasteiger partial charge in [-0.3, -0.25) is 9.69 Å². The predicted octanol–water partition coefficient (Wildman–Crippen LogP) is 7.48. The van der Waals surface area contributed by atoms with Crippen LogP contribution in [-0.4, -0.2) is 85.4 Å². The number of rotatable bonds is 9. The number of hydrogen-bond acceptors (Lipinski definition) is 7. The largest absolute Gasteiger partial charge is 0.465 e. The normalized spacial score (nSPS) is 16.2. The Morgan fingerprint density at radius 1 is 0.944 bits per heavy atom. The van der Waals surface area contributed by atoms with E-state index in [0.29, 0.717) is 46.5 Å². The second-order valence-corrected chi connectivity index (χ2v) is 14.8. The third-order valence-electron chi connectivity index (χ3n) is 10.5. The van der Waals surface area contributed by atoms with Crippen molar-refractivity contribution >= 4 is 28.7 Å². The fourth-order valence-electron chi connectivity index (χ4n) is 7.34. The van der Waals surface area contributed by atoms with Gasteiger partial charge < -0.3 is 30.2 Å². The molecule has 0 spiro atoms. The number of nitrogens with zero attached hydrogens (tertiary/aromatic N) is 4. The quantitative estimate of drug-likeness (QED) is 0.122. The number of carbonyl (C=O) groups excluding carboxylic acids is 1. The van der Waals surface area contributed by atoms with Gasteiger partial charge in [0.15, 0.2) is 0 Å². The zero-order chi connectivity index (χ0) is 38.1. The number of anilines is 1. The third kappa shape index (κ3) is 8.13. The topological polar surface area (TPSA) is 144 Å². The molecule has 5 aromatic rings. The van der Waals surface area contributed by atoms with Gasteiger partial charge in [0.2, 0.25) is 0 Å². The van der Waals surface area contributed by atoms with Crippen LogP contribution in [0.1, 0.15) is 66.6 Å². The molecular formula is C41H44F2N6O5. The lowest BCUT2D eigenvalue weighted by Crippen LogP contribution is -2.43. The van der Waals surface area contributed by atoms with Crippen molar-refractivity contribution in [1.29, 1.82) is 0 Å². The van der Waals surface area contributed by atoms with Crippen LogP contribution < -0.4 is 5.32 Å². The Hall–Kier alpha value is -5.24. The summed E-state index contributed by atoms with van der Waals surface area (Å²) >= 11 is 0. The Labute approximate surface area is 312 Å². The summed E-state index contributed by atoms with van der Waals surface area (Å²) in [5.41, 5.74) is 3.98. The molecule has 0 unspecified atom stereocenters. The van der Waals surface area contributed by atoms with E-state index in [-0.39, 0.29) is 23.5 Å². The summed E-state index contributed by atoms with van der Waals surface area (Å²) in [5.74, 6) is -2.15. The van der Waals surface area contributed by atoms with E-state index < -0.39 is 29.2 Å². The highest BCUT2D eigenvalue weighted by Gasteiger charge is 2.28. The third-order valence-corrected chi connectivity index (χ3v) is 10.5. The van der Waals surface area contributed by atoms with Crippen molar-refractivity contribution in [2.75, 3.05) is 31.5 Å². The van der Waals surface area contributed by atoms with E-state index in [0.717, 1.165) is 62.6 Å². The summed E-state index contributed by atoms with van der Waals surface area (Å²) in [5, 5.41) is 22.7. The predicted molar refractivity (Wildman–Crippen MR) is 201 cm³/mol. The lowest BCUT2D eigenvalue weighted by atomic mass is 9.96. The molecule has 2 fully saturated rings. The van der Waals surface area contributed by atoms with E-state index in [2.05, 4.69) is 49.4 Å². The number of benzene rings is 3. The molecular weight excluding hydrogens is 694 g/mol. The van der Waals surface area contributed by atoms with Crippen molar-refractivity contribution in [3.8, 4) is 22.5 Å². The first kappa shape index (κ1) is 37.1. The maximum Gasteiger partial charge on any atom is 0.407 e. The molecule has 7 rings (SSSR count). The van der Waals surface area contributed by atoms with Crippen LogP contribution in [0.5, 0.6) is 0 Å². The molecule has 0 bridgehead atoms. The number of H-pyrrole nitrogens is 1. The smallest absolute Gasteiger partial charge is 0.407 e. The van der Waals surface area contributed by atoms with Gasteiger partial charge in [0, 0.05) is 55.1 Å². The number of piperidine rings is 2. The molecule has 11 nitrogen and oxygen atoms in total. The van der Waals surface area contributed by atoms with Crippen molar-refractivity contribution in [2.24, 2.45) is 0 Å². The van der Waals surface area contributed by atoms with Crippen LogP contribution in [0.2, 0.25) is 0 Å². The van der Waals surface area contributed by atoms with Crippen LogP contribution >= 0.6 is 0 Å². The van der Waals surface area contributed by atoms with Crippen molar-refractivity contribution in [1.82, 2.24) is 24.8 Å². The molecule has 0 aliphatic carbocycles. The van der Waals surface area contributed by atoms with Gasteiger partial charge in [0.05, 0.1) is 29.1 Å². The molecule has 3 aromatic carbocycles. The minimum Gasteiger partial charge on any atom is -0.465 e. The number of carbonyl (C=O) groups is 2. The van der Waals surface area contributed by atoms with Crippen LogP contribution in [0.25, 0.3) is 33.5 Å². The lowest BCUT2D eigenvalue weighted by molar-refractivity contribution is -0.0633. The van der Waals surface area contributed by atoms with Gasteiger partial charge in [-0.05, 0) is 99.0 Å². The van der Waals surface area contributed by atoms with E-state index in [9.17, 15) is 24.2 Å². The van der Waals surface area contributed by atoms with Crippen molar-refractivity contribution in [3.05, 3.63) is 101 Å². The van der Waals surface area contributed by atoms with E-state index >= 15 is 4.39 Å². The van der Waals surface area contributed by atoms with E-state index in [1.807, 2.05) is 6.07 Å². The standard InChI is InChI=1S/C41H44F2N6O5/c1-24-32(19-28(42)20-35(24)47-39(50)31-9-8-27(18-34(31)43)41(2,3)53)37-33-21-36(46-38(33)45-23-44-37)26-6-4-25(5-7-26)22-48-14-10-29(11-15-48)54-30-12-16-49(17-13-30)40(51)52/h4-9,18-21,23,29-30,53H,10-17,22H2,1-3H3,(H,47,50)(H,51,52)(H,44,45,46). The molecule has 2 amide bonds. The number of aromatic nitrogens is 3. The first-order valence-electron chi connectivity index (χ1n) is 18.3. The Kier molecular flexibility index (Phi) is 10.5. The highest BCUT2D eigenvalue weighted by atomic mass is 19.1. The maximum atomic E-state index is 15.1. The fraction of sp³-hybridized carbons (Fsp3) is 0.366. The van der Waals surface area contributed by atoms with Gasteiger partial charge in [-0.1, -0.05) is 30.3 Å². The first-order valence-corrected chi connectivity index (χ1v) is 18.3. The summed E-state index contributed by atoms with van der Waals surface area (Å²) in [7, 11) is 0. The van der Waals surface area contributed by atoms with Gasteiger partial charge in [-0.15, -0.1) is 0 Å². The van der Waals surface area contributed by atoms with Crippen LogP contribution in [0.3, 0.4) is 0 Å². The number of hydrogen-bond donors (Lipinski definition) is 4. The Bertz CT molecular complexity index is 2170. The van der Waals surface area contributed by atoms with Crippen molar-refractivity contribution < 1.29 is 33.3 Å². The summed E-state index contributed by atoms with van der Waals surface area (Å²) < 4.78 is 36.4. The molecule has 2 saturated heterocycles. The molecule has 0 radical (unpaired) electrons. The Morgan fingerprint density at radius 2 is 1.63 bits per heavy atom. The summed E-state index contributed by atoms with van der Waals surface area (Å²) in [6, 6.07) is 16.7. The van der Waals surface area contributed by atoms with Crippen molar-refractivity contribution in [2.45, 2.75) is 70.8 Å². The summed E-state index contributed by atoms with van der Waals surface area (Å²) in [6.45, 7) is 8.53. The summed E-state index contributed by atoms with van der Waals surface area (Å²) in [6.07, 6.45) is 4.27. The average molecular weight is 739 g/mol. The van der Waals surface area contributed by atoms with Crippen molar-refractivity contribution in [3.63, 3.8) is 0 Å². The van der Waals surface area contributed by atoms with Gasteiger partial charge in [0.1, 0.15) is 23.6 Å². The van der Waals surface area contributed by atoms with E-state index in [4.69, 9.17) is 4.74 Å². The second-order valence-electron chi connectivity index (χ2n) is 14.8. The number of halogens is 2. The van der Waals surface area contributed by atoms with Gasteiger partial charge in [-0.2, -0.15) is 0 Å². The number of ether oxygens (including phenoxy) is 1. The molecule has 4 N–H and O–H groups in total. The minimum atomic E-state index is -1.28. The van der Waals surface area contributed by atoms with Gasteiger partial charge in [-0.25, -0.2) is 23.5 Å². The number of amides is 2. The Morgan fingerprint density at radius 3 is 2.28 bits per heavy atom. The SMILES string of the molecule is Cc1c(NC(=O)c2ccc(C(C)(C)O)cc2F)cc(F)cc1-c1ncnc2[nH]c(-c3ccc(CN4CCC(OC5CCN(C(=O)O)CC5)CC4)cc3)cc12. The van der Waals surface area contributed by atoms with Crippen LogP contribution in [0.15, 0.2) is 67.0 Å². The van der Waals surface area contributed by atoms with Crippen LogP contribution in [-0.2, 0) is 16.9 Å². The number of likely N-dealkylation sites (tertiary alicyclic amines) is 2. The monoisotopic (exact) mass is 738 g/mol. The highest BCUT2D eigenvalue weighted by Crippen LogP contribution is 2.35. The number of nitrogens with one attached hydrogen (secondary N) is 2. The van der Waals surface area contributed by atoms with Crippen LogP contribution in [0.4, 0.5) is 19.3 Å². The lowest BCUT2D eigenvalue weighted by Gasteiger charge is -2.36. The minimum absolute atomic E-state index is 0.127. The average Bonchev–Trinajstić information content (AvgIpc) is 3.59. The molecule has 282 valence electrons. The highest BCUT2D eigenvalue weighted by molar-refractivity contribution is 6.06.